The van der Waals surface area contributed by atoms with Gasteiger partial charge in [-0.1, -0.05) is 30.7 Å². The van der Waals surface area contributed by atoms with Crippen molar-refractivity contribution in [2.45, 2.75) is 46.3 Å². The third-order valence-electron chi connectivity index (χ3n) is 2.93. The van der Waals surface area contributed by atoms with Crippen LogP contribution in [0.5, 0.6) is 0 Å². The molecular formula is C14H23NO. The van der Waals surface area contributed by atoms with E-state index in [0.29, 0.717) is 0 Å². The summed E-state index contributed by atoms with van der Waals surface area (Å²) in [4.78, 5) is 0. The van der Waals surface area contributed by atoms with Crippen LogP contribution in [0.3, 0.4) is 0 Å². The van der Waals surface area contributed by atoms with Crippen molar-refractivity contribution < 1.29 is 5.11 Å². The number of aliphatic hydroxyl groups is 1. The number of aliphatic hydroxyl groups excluding tert-OH is 1. The molecule has 0 aliphatic heterocycles. The monoisotopic (exact) mass is 221 g/mol. The van der Waals surface area contributed by atoms with E-state index in [1.165, 1.54) is 5.56 Å². The topological polar surface area (TPSA) is 32.3 Å². The fourth-order valence-corrected chi connectivity index (χ4v) is 1.91. The first-order valence-corrected chi connectivity index (χ1v) is 6.04. The van der Waals surface area contributed by atoms with Crippen molar-refractivity contribution in [2.24, 2.45) is 0 Å². The van der Waals surface area contributed by atoms with E-state index in [4.69, 9.17) is 0 Å². The Morgan fingerprint density at radius 2 is 2.00 bits per heavy atom. The molecular weight excluding hydrogens is 198 g/mol. The minimum atomic E-state index is -0.424. The molecule has 0 radical (unpaired) electrons. The molecule has 0 bridgehead atoms. The summed E-state index contributed by atoms with van der Waals surface area (Å²) in [6.45, 7) is 9.23. The smallest absolute Gasteiger partial charge is 0.0942 e. The lowest BCUT2D eigenvalue weighted by Crippen LogP contribution is -2.33. The first-order chi connectivity index (χ1) is 7.56. The molecule has 0 amide bonds. The van der Waals surface area contributed by atoms with Crippen molar-refractivity contribution in [3.63, 3.8) is 0 Å². The fraction of sp³-hybridized carbons (Fsp3) is 0.571. The van der Waals surface area contributed by atoms with Gasteiger partial charge in [-0.05, 0) is 44.9 Å². The largest absolute Gasteiger partial charge is 0.387 e. The summed E-state index contributed by atoms with van der Waals surface area (Å²) in [5, 5.41) is 13.5. The average molecular weight is 221 g/mol. The van der Waals surface area contributed by atoms with Crippen molar-refractivity contribution >= 4 is 0 Å². The summed E-state index contributed by atoms with van der Waals surface area (Å²) in [6.07, 6.45) is 0.663. The van der Waals surface area contributed by atoms with Gasteiger partial charge in [-0.25, -0.2) is 0 Å². The van der Waals surface area contributed by atoms with Gasteiger partial charge in [0.25, 0.3) is 0 Å². The molecule has 0 aliphatic carbocycles. The Bertz CT molecular complexity index is 336. The molecule has 1 rings (SSSR count). The van der Waals surface area contributed by atoms with Gasteiger partial charge in [-0.2, -0.15) is 0 Å². The number of nitrogens with one attached hydrogen (secondary N) is 1. The first-order valence-electron chi connectivity index (χ1n) is 6.04. The summed E-state index contributed by atoms with van der Waals surface area (Å²) >= 11 is 0. The number of hydrogen-bond donors (Lipinski definition) is 2. The Morgan fingerprint density at radius 1 is 1.31 bits per heavy atom. The van der Waals surface area contributed by atoms with Crippen molar-refractivity contribution in [1.82, 2.24) is 5.32 Å². The maximum absolute atomic E-state index is 10.2. The third-order valence-corrected chi connectivity index (χ3v) is 2.93. The van der Waals surface area contributed by atoms with Crippen molar-refractivity contribution in [3.05, 3.63) is 34.9 Å². The first kappa shape index (κ1) is 13.2. The maximum Gasteiger partial charge on any atom is 0.0942 e. The summed E-state index contributed by atoms with van der Waals surface area (Å²) in [5.74, 6) is 0. The predicted molar refractivity (Wildman–Crippen MR) is 68.6 cm³/mol. The molecule has 0 saturated heterocycles. The Kier molecular flexibility index (Phi) is 4.97. The molecule has 2 atom stereocenters. The molecule has 0 fully saturated rings. The number of benzene rings is 1. The molecule has 0 heterocycles. The second kappa shape index (κ2) is 6.02. The molecule has 16 heavy (non-hydrogen) atoms. The standard InChI is InChI=1S/C14H23NO/c1-5-8-15-12(4)14(16)13-7-6-10(2)9-11(13)3/h6-7,9,12,14-16H,5,8H2,1-4H3. The quantitative estimate of drug-likeness (QED) is 0.801. The molecule has 2 N–H and O–H groups in total. The van der Waals surface area contributed by atoms with Crippen LogP contribution in [-0.4, -0.2) is 17.7 Å². The number of rotatable bonds is 5. The van der Waals surface area contributed by atoms with Gasteiger partial charge in [0, 0.05) is 6.04 Å². The highest BCUT2D eigenvalue weighted by molar-refractivity contribution is 5.32. The SMILES string of the molecule is CCCNC(C)C(O)c1ccc(C)cc1C. The van der Waals surface area contributed by atoms with Crippen LogP contribution in [0.4, 0.5) is 0 Å². The van der Waals surface area contributed by atoms with E-state index in [0.717, 1.165) is 24.1 Å². The van der Waals surface area contributed by atoms with Gasteiger partial charge in [0.1, 0.15) is 0 Å². The molecule has 0 spiro atoms. The molecule has 90 valence electrons. The van der Waals surface area contributed by atoms with Crippen molar-refractivity contribution in [2.75, 3.05) is 6.54 Å². The van der Waals surface area contributed by atoms with Gasteiger partial charge in [0.15, 0.2) is 0 Å². The predicted octanol–water partition coefficient (Wildman–Crippen LogP) is 2.72. The van der Waals surface area contributed by atoms with E-state index < -0.39 is 6.10 Å². The molecule has 2 nitrogen and oxygen atoms in total. The fourth-order valence-electron chi connectivity index (χ4n) is 1.91. The van der Waals surface area contributed by atoms with Crippen LogP contribution in [0, 0.1) is 13.8 Å². The second-order valence-electron chi connectivity index (χ2n) is 4.55. The van der Waals surface area contributed by atoms with E-state index >= 15 is 0 Å². The number of aryl methyl sites for hydroxylation is 2. The molecule has 0 aliphatic rings. The second-order valence-corrected chi connectivity index (χ2v) is 4.55. The lowest BCUT2D eigenvalue weighted by Gasteiger charge is -2.22. The zero-order valence-corrected chi connectivity index (χ0v) is 10.7. The lowest BCUT2D eigenvalue weighted by molar-refractivity contribution is 0.135. The normalized spacial score (nSPS) is 14.8. The Morgan fingerprint density at radius 3 is 2.56 bits per heavy atom. The van der Waals surface area contributed by atoms with Crippen molar-refractivity contribution in [3.8, 4) is 0 Å². The number of hydrogen-bond acceptors (Lipinski definition) is 2. The van der Waals surface area contributed by atoms with Gasteiger partial charge >= 0.3 is 0 Å². The van der Waals surface area contributed by atoms with Gasteiger partial charge < -0.3 is 10.4 Å². The zero-order valence-electron chi connectivity index (χ0n) is 10.7. The van der Waals surface area contributed by atoms with Crippen LogP contribution >= 0.6 is 0 Å². The Balaban J connectivity index is 2.75. The maximum atomic E-state index is 10.2. The van der Waals surface area contributed by atoms with Gasteiger partial charge in [-0.3, -0.25) is 0 Å². The van der Waals surface area contributed by atoms with Crippen LogP contribution in [0.1, 0.15) is 43.1 Å². The molecule has 1 aromatic carbocycles. The van der Waals surface area contributed by atoms with Crippen molar-refractivity contribution in [1.29, 1.82) is 0 Å². The summed E-state index contributed by atoms with van der Waals surface area (Å²) in [5.41, 5.74) is 3.43. The summed E-state index contributed by atoms with van der Waals surface area (Å²) < 4.78 is 0. The average Bonchev–Trinajstić information content (AvgIpc) is 2.25. The molecule has 1 aromatic rings. The summed E-state index contributed by atoms with van der Waals surface area (Å²) in [6, 6.07) is 6.30. The van der Waals surface area contributed by atoms with E-state index in [9.17, 15) is 5.11 Å². The van der Waals surface area contributed by atoms with Crippen LogP contribution in [0.25, 0.3) is 0 Å². The van der Waals surface area contributed by atoms with Gasteiger partial charge in [0.05, 0.1) is 6.10 Å². The molecule has 0 saturated carbocycles. The molecule has 2 heteroatoms. The highest BCUT2D eigenvalue weighted by atomic mass is 16.3. The van der Waals surface area contributed by atoms with Gasteiger partial charge in [0.2, 0.25) is 0 Å². The minimum Gasteiger partial charge on any atom is -0.387 e. The Labute approximate surface area is 98.7 Å². The van der Waals surface area contributed by atoms with Crippen LogP contribution in [0.2, 0.25) is 0 Å². The van der Waals surface area contributed by atoms with E-state index in [1.54, 1.807) is 0 Å². The summed E-state index contributed by atoms with van der Waals surface area (Å²) in [7, 11) is 0. The highest BCUT2D eigenvalue weighted by Gasteiger charge is 2.17. The van der Waals surface area contributed by atoms with E-state index in [2.05, 4.69) is 38.2 Å². The minimum absolute atomic E-state index is 0.0985. The lowest BCUT2D eigenvalue weighted by atomic mass is 9.97. The third kappa shape index (κ3) is 3.32. The highest BCUT2D eigenvalue weighted by Crippen LogP contribution is 2.21. The van der Waals surface area contributed by atoms with E-state index in [-0.39, 0.29) is 6.04 Å². The molecule has 0 aromatic heterocycles. The molecule has 2 unspecified atom stereocenters. The zero-order chi connectivity index (χ0) is 12.1. The van der Waals surface area contributed by atoms with Crippen LogP contribution < -0.4 is 5.32 Å². The van der Waals surface area contributed by atoms with Crippen LogP contribution in [0.15, 0.2) is 18.2 Å². The van der Waals surface area contributed by atoms with Crippen LogP contribution in [-0.2, 0) is 0 Å². The van der Waals surface area contributed by atoms with Gasteiger partial charge in [-0.15, -0.1) is 0 Å². The van der Waals surface area contributed by atoms with E-state index in [1.807, 2.05) is 13.0 Å². The Hall–Kier alpha value is -0.860.